The quantitative estimate of drug-likeness (QED) is 0.839. The van der Waals surface area contributed by atoms with Crippen molar-refractivity contribution in [1.82, 2.24) is 10.3 Å². The largest absolute Gasteiger partial charge is 0.349 e. The third kappa shape index (κ3) is 3.72. The Morgan fingerprint density at radius 3 is 2.60 bits per heavy atom. The highest BCUT2D eigenvalue weighted by molar-refractivity contribution is 6.29. The number of aromatic nitrogens is 1. The van der Waals surface area contributed by atoms with Gasteiger partial charge in [0.1, 0.15) is 5.15 Å². The number of amides is 1. The summed E-state index contributed by atoms with van der Waals surface area (Å²) in [5.41, 5.74) is 1.33. The topological polar surface area (TPSA) is 42.0 Å². The number of pyridine rings is 1. The van der Waals surface area contributed by atoms with E-state index in [9.17, 15) is 4.79 Å². The van der Waals surface area contributed by atoms with Crippen molar-refractivity contribution < 1.29 is 4.79 Å². The van der Waals surface area contributed by atoms with Gasteiger partial charge in [0.05, 0.1) is 0 Å². The molecule has 1 aromatic rings. The average molecular weight is 295 g/mol. The van der Waals surface area contributed by atoms with E-state index < -0.39 is 0 Å². The molecule has 2 atom stereocenters. The van der Waals surface area contributed by atoms with Crippen molar-refractivity contribution in [2.75, 3.05) is 0 Å². The lowest BCUT2D eigenvalue weighted by Crippen LogP contribution is -2.33. The van der Waals surface area contributed by atoms with Gasteiger partial charge < -0.3 is 5.32 Å². The van der Waals surface area contributed by atoms with E-state index in [1.54, 1.807) is 6.07 Å². The molecule has 0 spiro atoms. The summed E-state index contributed by atoms with van der Waals surface area (Å²) in [7, 11) is 0. The molecule has 1 N–H and O–H groups in total. The molecule has 1 saturated carbocycles. The van der Waals surface area contributed by atoms with Crippen molar-refractivity contribution in [3.63, 3.8) is 0 Å². The summed E-state index contributed by atoms with van der Waals surface area (Å²) in [5.74, 6) is 0.658. The summed E-state index contributed by atoms with van der Waals surface area (Å²) in [6, 6.07) is 3.78. The van der Waals surface area contributed by atoms with Gasteiger partial charge in [0.15, 0.2) is 0 Å². The summed E-state index contributed by atoms with van der Waals surface area (Å²) in [6.45, 7) is 8.41. The van der Waals surface area contributed by atoms with E-state index in [2.05, 4.69) is 38.0 Å². The van der Waals surface area contributed by atoms with Crippen LogP contribution in [-0.2, 0) is 5.41 Å². The molecule has 4 heteroatoms. The predicted octanol–water partition coefficient (Wildman–Crippen LogP) is 3.95. The molecule has 0 aromatic carbocycles. The smallest absolute Gasteiger partial charge is 0.251 e. The van der Waals surface area contributed by atoms with Crippen LogP contribution in [0.15, 0.2) is 12.1 Å². The van der Waals surface area contributed by atoms with Gasteiger partial charge in [-0.25, -0.2) is 4.98 Å². The fourth-order valence-electron chi connectivity index (χ4n) is 2.62. The van der Waals surface area contributed by atoms with Crippen LogP contribution in [0.2, 0.25) is 5.15 Å². The Bertz CT molecular complexity index is 508. The fraction of sp³-hybridized carbons (Fsp3) is 0.625. The highest BCUT2D eigenvalue weighted by atomic mass is 35.5. The van der Waals surface area contributed by atoms with Crippen LogP contribution in [0.25, 0.3) is 0 Å². The molecule has 0 aliphatic heterocycles. The van der Waals surface area contributed by atoms with Crippen molar-refractivity contribution in [3.8, 4) is 0 Å². The maximum atomic E-state index is 12.3. The second-order valence-corrected chi connectivity index (χ2v) is 7.29. The molecule has 110 valence electrons. The van der Waals surface area contributed by atoms with Gasteiger partial charge in [-0.2, -0.15) is 0 Å². The first-order valence-corrected chi connectivity index (χ1v) is 7.62. The number of carbonyl (C=O) groups excluding carboxylic acids is 1. The minimum absolute atomic E-state index is 0.0427. The zero-order valence-corrected chi connectivity index (χ0v) is 13.4. The molecule has 0 bridgehead atoms. The van der Waals surface area contributed by atoms with Crippen molar-refractivity contribution in [2.45, 2.75) is 58.4 Å². The zero-order valence-electron chi connectivity index (χ0n) is 12.7. The third-order valence-corrected chi connectivity index (χ3v) is 4.05. The summed E-state index contributed by atoms with van der Waals surface area (Å²) < 4.78 is 0. The monoisotopic (exact) mass is 294 g/mol. The minimum Gasteiger partial charge on any atom is -0.349 e. The van der Waals surface area contributed by atoms with Crippen LogP contribution in [0.4, 0.5) is 0 Å². The number of rotatable bonds is 2. The lowest BCUT2D eigenvalue weighted by Gasteiger charge is -2.19. The lowest BCUT2D eigenvalue weighted by molar-refractivity contribution is 0.0937. The Balaban J connectivity index is 2.15. The standard InChI is InChI=1S/C16H23ClN2O/c1-10-5-6-12(7-10)18-15(20)11-8-13(16(2,3)4)19-14(17)9-11/h8-10,12H,5-7H2,1-4H3,(H,18,20). The van der Waals surface area contributed by atoms with Gasteiger partial charge in [0, 0.05) is 22.7 Å². The maximum Gasteiger partial charge on any atom is 0.251 e. The van der Waals surface area contributed by atoms with Gasteiger partial charge >= 0.3 is 0 Å². The minimum atomic E-state index is -0.123. The van der Waals surface area contributed by atoms with Crippen LogP contribution in [0.1, 0.15) is 63.0 Å². The Kier molecular flexibility index (Phi) is 4.38. The first kappa shape index (κ1) is 15.3. The van der Waals surface area contributed by atoms with Crippen molar-refractivity contribution in [1.29, 1.82) is 0 Å². The van der Waals surface area contributed by atoms with E-state index >= 15 is 0 Å². The molecule has 1 heterocycles. The van der Waals surface area contributed by atoms with E-state index in [4.69, 9.17) is 11.6 Å². The predicted molar refractivity (Wildman–Crippen MR) is 82.2 cm³/mol. The lowest BCUT2D eigenvalue weighted by atomic mass is 9.91. The van der Waals surface area contributed by atoms with Crippen LogP contribution in [0.5, 0.6) is 0 Å². The van der Waals surface area contributed by atoms with Gasteiger partial charge in [-0.3, -0.25) is 4.79 Å². The zero-order chi connectivity index (χ0) is 14.9. The number of carbonyl (C=O) groups is 1. The summed E-state index contributed by atoms with van der Waals surface area (Å²) in [5, 5.41) is 3.48. The number of hydrogen-bond acceptors (Lipinski definition) is 2. The van der Waals surface area contributed by atoms with E-state index in [1.165, 1.54) is 6.42 Å². The molecule has 1 aliphatic rings. The highest BCUT2D eigenvalue weighted by Crippen LogP contribution is 2.26. The van der Waals surface area contributed by atoms with Gasteiger partial charge in [0.25, 0.3) is 5.91 Å². The van der Waals surface area contributed by atoms with Crippen molar-refractivity contribution in [2.24, 2.45) is 5.92 Å². The molecule has 1 amide bonds. The third-order valence-electron chi connectivity index (χ3n) is 3.85. The normalized spacial score (nSPS) is 22.9. The molecule has 1 aromatic heterocycles. The summed E-state index contributed by atoms with van der Waals surface area (Å²) >= 11 is 6.05. The number of hydrogen-bond donors (Lipinski definition) is 1. The Morgan fingerprint density at radius 2 is 2.05 bits per heavy atom. The molecule has 1 aliphatic carbocycles. The summed E-state index contributed by atoms with van der Waals surface area (Å²) in [4.78, 5) is 16.7. The molecule has 3 nitrogen and oxygen atoms in total. The molecule has 2 unspecified atom stereocenters. The van der Waals surface area contributed by atoms with Gasteiger partial charge in [-0.1, -0.05) is 39.3 Å². The SMILES string of the molecule is CC1CCC(NC(=O)c2cc(Cl)nc(C(C)(C)C)c2)C1. The average Bonchev–Trinajstić information content (AvgIpc) is 2.72. The molecular formula is C16H23ClN2O. The van der Waals surface area contributed by atoms with Crippen molar-refractivity contribution in [3.05, 3.63) is 28.5 Å². The molecular weight excluding hydrogens is 272 g/mol. The second kappa shape index (κ2) is 5.72. The molecule has 0 saturated heterocycles. The van der Waals surface area contributed by atoms with E-state index in [1.807, 2.05) is 6.07 Å². The molecule has 20 heavy (non-hydrogen) atoms. The molecule has 0 radical (unpaired) electrons. The molecule has 1 fully saturated rings. The first-order chi connectivity index (χ1) is 9.25. The van der Waals surface area contributed by atoms with Crippen molar-refractivity contribution >= 4 is 17.5 Å². The number of nitrogens with one attached hydrogen (secondary N) is 1. The van der Waals surface area contributed by atoms with Gasteiger partial charge in [-0.05, 0) is 37.3 Å². The molecule has 2 rings (SSSR count). The van der Waals surface area contributed by atoms with Crippen LogP contribution in [0.3, 0.4) is 0 Å². The Morgan fingerprint density at radius 1 is 1.35 bits per heavy atom. The number of nitrogens with zero attached hydrogens (tertiary/aromatic N) is 1. The maximum absolute atomic E-state index is 12.3. The fourth-order valence-corrected chi connectivity index (χ4v) is 2.83. The van der Waals surface area contributed by atoms with Gasteiger partial charge in [0.2, 0.25) is 0 Å². The van der Waals surface area contributed by atoms with E-state index in [0.717, 1.165) is 18.5 Å². The van der Waals surface area contributed by atoms with Crippen LogP contribution < -0.4 is 5.32 Å². The Hall–Kier alpha value is -1.09. The second-order valence-electron chi connectivity index (χ2n) is 6.90. The summed E-state index contributed by atoms with van der Waals surface area (Å²) in [6.07, 6.45) is 3.32. The van der Waals surface area contributed by atoms with Crippen LogP contribution >= 0.6 is 11.6 Å². The Labute approximate surface area is 126 Å². The highest BCUT2D eigenvalue weighted by Gasteiger charge is 2.24. The van der Waals surface area contributed by atoms with E-state index in [0.29, 0.717) is 22.7 Å². The van der Waals surface area contributed by atoms with Gasteiger partial charge in [-0.15, -0.1) is 0 Å². The first-order valence-electron chi connectivity index (χ1n) is 7.24. The van der Waals surface area contributed by atoms with Crippen LogP contribution in [0, 0.1) is 5.92 Å². The van der Waals surface area contributed by atoms with E-state index in [-0.39, 0.29) is 11.3 Å². The number of halogens is 1. The van der Waals surface area contributed by atoms with Crippen LogP contribution in [-0.4, -0.2) is 16.9 Å².